The molecule has 1 aliphatic heterocycles. The Balaban J connectivity index is 1.64. The van der Waals surface area contributed by atoms with E-state index in [1.807, 2.05) is 48.5 Å². The summed E-state index contributed by atoms with van der Waals surface area (Å²) in [6.07, 6.45) is 0. The summed E-state index contributed by atoms with van der Waals surface area (Å²) in [5.41, 5.74) is 1.09. The number of anilines is 2. The summed E-state index contributed by atoms with van der Waals surface area (Å²) in [7, 11) is 0. The van der Waals surface area contributed by atoms with Crippen molar-refractivity contribution in [1.29, 1.82) is 0 Å². The van der Waals surface area contributed by atoms with Crippen molar-refractivity contribution in [2.45, 2.75) is 36.7 Å². The SMILES string of the molecule is CC(Sc1nnnn1-c1ccccc1)C(=O)N1c2ccccc2NC(=O)C1(C)C. The number of carbonyl (C=O) groups excluding carboxylic acids is 2. The molecule has 0 fully saturated rings. The Labute approximate surface area is 172 Å². The number of thioether (sulfide) groups is 1. The van der Waals surface area contributed by atoms with Crippen LogP contribution in [0.1, 0.15) is 20.8 Å². The van der Waals surface area contributed by atoms with Crippen LogP contribution in [0.2, 0.25) is 0 Å². The van der Waals surface area contributed by atoms with Crippen LogP contribution in [0.3, 0.4) is 0 Å². The van der Waals surface area contributed by atoms with Gasteiger partial charge in [-0.1, -0.05) is 42.1 Å². The lowest BCUT2D eigenvalue weighted by Gasteiger charge is -2.42. The molecular formula is C20H20N6O2S. The minimum Gasteiger partial charge on any atom is -0.322 e. The van der Waals surface area contributed by atoms with Gasteiger partial charge < -0.3 is 5.32 Å². The molecule has 1 aromatic heterocycles. The van der Waals surface area contributed by atoms with E-state index in [1.165, 1.54) is 11.8 Å². The van der Waals surface area contributed by atoms with Crippen LogP contribution in [0.4, 0.5) is 11.4 Å². The van der Waals surface area contributed by atoms with Crippen LogP contribution in [-0.2, 0) is 9.59 Å². The molecule has 1 atom stereocenters. The van der Waals surface area contributed by atoms with Crippen molar-refractivity contribution in [1.82, 2.24) is 20.2 Å². The summed E-state index contributed by atoms with van der Waals surface area (Å²) < 4.78 is 1.59. The summed E-state index contributed by atoms with van der Waals surface area (Å²) in [5, 5.41) is 14.7. The van der Waals surface area contributed by atoms with Gasteiger partial charge in [-0.2, -0.15) is 4.68 Å². The Morgan fingerprint density at radius 2 is 1.79 bits per heavy atom. The van der Waals surface area contributed by atoms with Crippen LogP contribution in [0, 0.1) is 0 Å². The van der Waals surface area contributed by atoms with Crippen LogP contribution in [0.5, 0.6) is 0 Å². The van der Waals surface area contributed by atoms with Gasteiger partial charge in [0.25, 0.3) is 0 Å². The first kappa shape index (κ1) is 19.1. The number of tetrazole rings is 1. The summed E-state index contributed by atoms with van der Waals surface area (Å²) in [6, 6.07) is 16.8. The van der Waals surface area contributed by atoms with E-state index in [0.29, 0.717) is 16.5 Å². The normalized spacial score (nSPS) is 16.1. The molecule has 1 aliphatic rings. The van der Waals surface area contributed by atoms with Crippen LogP contribution >= 0.6 is 11.8 Å². The molecule has 9 heteroatoms. The second-order valence-corrected chi connectivity index (χ2v) is 8.48. The van der Waals surface area contributed by atoms with E-state index < -0.39 is 10.8 Å². The molecule has 2 heterocycles. The van der Waals surface area contributed by atoms with Gasteiger partial charge in [-0.05, 0) is 55.5 Å². The molecule has 2 aromatic carbocycles. The number of rotatable bonds is 4. The minimum absolute atomic E-state index is 0.190. The zero-order valence-electron chi connectivity index (χ0n) is 16.2. The number of amides is 2. The van der Waals surface area contributed by atoms with Crippen molar-refractivity contribution in [3.05, 3.63) is 54.6 Å². The van der Waals surface area contributed by atoms with Crippen LogP contribution < -0.4 is 10.2 Å². The number of nitrogens with zero attached hydrogens (tertiary/aromatic N) is 5. The first-order chi connectivity index (χ1) is 13.9. The zero-order valence-corrected chi connectivity index (χ0v) is 17.1. The maximum Gasteiger partial charge on any atom is 0.250 e. The smallest absolute Gasteiger partial charge is 0.250 e. The molecule has 3 aromatic rings. The Morgan fingerprint density at radius 3 is 2.55 bits per heavy atom. The van der Waals surface area contributed by atoms with Crippen LogP contribution in [-0.4, -0.2) is 42.8 Å². The van der Waals surface area contributed by atoms with Gasteiger partial charge >= 0.3 is 0 Å². The number of aromatic nitrogens is 4. The molecule has 0 saturated heterocycles. The summed E-state index contributed by atoms with van der Waals surface area (Å²) in [6.45, 7) is 5.27. The van der Waals surface area contributed by atoms with Crippen molar-refractivity contribution in [3.8, 4) is 5.69 Å². The third kappa shape index (κ3) is 3.38. The Morgan fingerprint density at radius 1 is 1.10 bits per heavy atom. The first-order valence-corrected chi connectivity index (χ1v) is 10.0. The van der Waals surface area contributed by atoms with E-state index in [0.717, 1.165) is 5.69 Å². The number of hydrogen-bond acceptors (Lipinski definition) is 6. The van der Waals surface area contributed by atoms with Crippen molar-refractivity contribution in [2.24, 2.45) is 0 Å². The van der Waals surface area contributed by atoms with Gasteiger partial charge in [-0.25, -0.2) is 0 Å². The second-order valence-electron chi connectivity index (χ2n) is 7.17. The lowest BCUT2D eigenvalue weighted by atomic mass is 9.96. The molecule has 0 saturated carbocycles. The molecule has 29 heavy (non-hydrogen) atoms. The topological polar surface area (TPSA) is 93.0 Å². The lowest BCUT2D eigenvalue weighted by molar-refractivity contribution is -0.126. The van der Waals surface area contributed by atoms with E-state index in [4.69, 9.17) is 0 Å². The Hall–Kier alpha value is -3.20. The van der Waals surface area contributed by atoms with E-state index in [2.05, 4.69) is 20.8 Å². The number of nitrogens with one attached hydrogen (secondary N) is 1. The second kappa shape index (κ2) is 7.32. The van der Waals surface area contributed by atoms with E-state index in [9.17, 15) is 9.59 Å². The first-order valence-electron chi connectivity index (χ1n) is 9.14. The van der Waals surface area contributed by atoms with E-state index in [-0.39, 0.29) is 11.8 Å². The van der Waals surface area contributed by atoms with Gasteiger partial charge in [0, 0.05) is 0 Å². The number of benzene rings is 2. The molecule has 0 spiro atoms. The predicted octanol–water partition coefficient (Wildman–Crippen LogP) is 2.91. The van der Waals surface area contributed by atoms with Gasteiger partial charge in [0.05, 0.1) is 22.3 Å². The van der Waals surface area contributed by atoms with E-state index >= 15 is 0 Å². The highest BCUT2D eigenvalue weighted by molar-refractivity contribution is 8.00. The molecule has 0 radical (unpaired) electrons. The van der Waals surface area contributed by atoms with Gasteiger partial charge in [0.2, 0.25) is 17.0 Å². The zero-order chi connectivity index (χ0) is 20.6. The highest BCUT2D eigenvalue weighted by Crippen LogP contribution is 2.38. The summed E-state index contributed by atoms with van der Waals surface area (Å²) >= 11 is 1.25. The number of carbonyl (C=O) groups is 2. The van der Waals surface area contributed by atoms with Gasteiger partial charge in [-0.15, -0.1) is 5.10 Å². The van der Waals surface area contributed by atoms with Gasteiger partial charge in [0.1, 0.15) is 5.54 Å². The van der Waals surface area contributed by atoms with Crippen molar-refractivity contribution >= 4 is 35.0 Å². The Kier molecular flexibility index (Phi) is 4.83. The predicted molar refractivity (Wildman–Crippen MR) is 111 cm³/mol. The molecule has 4 rings (SSSR count). The standard InChI is InChI=1S/C20H20N6O2S/c1-13(29-19-22-23-24-26(19)14-9-5-4-6-10-14)17(27)25-16-12-8-7-11-15(16)21-18(28)20(25,2)3/h4-13H,1-3H3,(H,21,28). The average Bonchev–Trinajstić information content (AvgIpc) is 3.17. The average molecular weight is 408 g/mol. The fraction of sp³-hybridized carbons (Fsp3) is 0.250. The largest absolute Gasteiger partial charge is 0.322 e. The molecule has 1 unspecified atom stereocenters. The number of hydrogen-bond donors (Lipinski definition) is 1. The van der Waals surface area contributed by atoms with Crippen LogP contribution in [0.15, 0.2) is 59.8 Å². The van der Waals surface area contributed by atoms with Crippen LogP contribution in [0.25, 0.3) is 5.69 Å². The highest BCUT2D eigenvalue weighted by atomic mass is 32.2. The molecular weight excluding hydrogens is 388 g/mol. The fourth-order valence-corrected chi connectivity index (χ4v) is 4.07. The monoisotopic (exact) mass is 408 g/mol. The molecule has 2 amide bonds. The third-order valence-electron chi connectivity index (χ3n) is 4.80. The van der Waals surface area contributed by atoms with Crippen molar-refractivity contribution < 1.29 is 9.59 Å². The molecule has 148 valence electrons. The number of fused-ring (bicyclic) bond motifs is 1. The lowest BCUT2D eigenvalue weighted by Crippen LogP contribution is -2.60. The molecule has 0 aliphatic carbocycles. The maximum absolute atomic E-state index is 13.4. The molecule has 1 N–H and O–H groups in total. The molecule has 8 nitrogen and oxygen atoms in total. The summed E-state index contributed by atoms with van der Waals surface area (Å²) in [5.74, 6) is -0.416. The third-order valence-corrected chi connectivity index (χ3v) is 5.82. The summed E-state index contributed by atoms with van der Waals surface area (Å²) in [4.78, 5) is 27.6. The van der Waals surface area contributed by atoms with Crippen molar-refractivity contribution in [2.75, 3.05) is 10.2 Å². The Bertz CT molecular complexity index is 1070. The fourth-order valence-electron chi connectivity index (χ4n) is 3.22. The minimum atomic E-state index is -1.02. The quantitative estimate of drug-likeness (QED) is 0.667. The van der Waals surface area contributed by atoms with Crippen molar-refractivity contribution in [3.63, 3.8) is 0 Å². The van der Waals surface area contributed by atoms with E-state index in [1.54, 1.807) is 36.4 Å². The van der Waals surface area contributed by atoms with Gasteiger partial charge in [-0.3, -0.25) is 14.5 Å². The number of para-hydroxylation sites is 3. The highest BCUT2D eigenvalue weighted by Gasteiger charge is 2.45. The van der Waals surface area contributed by atoms with Gasteiger partial charge in [0.15, 0.2) is 0 Å². The maximum atomic E-state index is 13.4. The molecule has 0 bridgehead atoms.